The number of nitrogens with one attached hydrogen (secondary N) is 2. The number of aliphatic hydroxyl groups is 4. The van der Waals surface area contributed by atoms with Gasteiger partial charge in [0.2, 0.25) is 0 Å². The molecule has 3 atom stereocenters. The van der Waals surface area contributed by atoms with Gasteiger partial charge in [0.1, 0.15) is 12.6 Å². The Morgan fingerprint density at radius 3 is 2.21 bits per heavy atom. The lowest BCUT2D eigenvalue weighted by Crippen LogP contribution is -2.36. The third-order valence-corrected chi connectivity index (χ3v) is 5.63. The fraction of sp³-hybridized carbons (Fsp3) is 0.545. The fourth-order valence-corrected chi connectivity index (χ4v) is 4.04. The minimum absolute atomic E-state index is 0.000476. The summed E-state index contributed by atoms with van der Waals surface area (Å²) in [5, 5.41) is 45.8. The van der Waals surface area contributed by atoms with Gasteiger partial charge in [-0.3, -0.25) is 9.69 Å². The normalized spacial score (nSPS) is 17.2. The molecule has 0 radical (unpaired) electrons. The van der Waals surface area contributed by atoms with Crippen LogP contribution in [-0.2, 0) is 4.74 Å². The van der Waals surface area contributed by atoms with Crippen molar-refractivity contribution in [1.82, 2.24) is 10.6 Å². The second kappa shape index (κ2) is 11.9. The molecule has 2 amide bonds. The Kier molecular flexibility index (Phi) is 9.50. The highest BCUT2D eigenvalue weighted by Crippen LogP contribution is 2.38. The Morgan fingerprint density at radius 1 is 1.09 bits per heavy atom. The number of cyclic esters (lactones) is 1. The van der Waals surface area contributed by atoms with E-state index >= 15 is 0 Å². The lowest BCUT2D eigenvalue weighted by Gasteiger charge is -2.27. The van der Waals surface area contributed by atoms with E-state index in [1.165, 1.54) is 4.90 Å². The van der Waals surface area contributed by atoms with Crippen molar-refractivity contribution >= 4 is 23.4 Å². The summed E-state index contributed by atoms with van der Waals surface area (Å²) in [5.41, 5.74) is 3.11. The van der Waals surface area contributed by atoms with Crippen molar-refractivity contribution in [3.05, 3.63) is 39.3 Å². The van der Waals surface area contributed by atoms with E-state index in [0.29, 0.717) is 33.6 Å². The van der Waals surface area contributed by atoms with Crippen molar-refractivity contribution in [1.29, 1.82) is 0 Å². The molecule has 1 aromatic rings. The molecule has 34 heavy (non-hydrogen) atoms. The molecule has 0 aromatic heterocycles. The first-order valence-corrected chi connectivity index (χ1v) is 10.8. The zero-order valence-electron chi connectivity index (χ0n) is 19.5. The van der Waals surface area contributed by atoms with Crippen molar-refractivity contribution in [2.24, 2.45) is 5.18 Å². The highest BCUT2D eigenvalue weighted by Gasteiger charge is 2.36. The molecular formula is C22H32N4O8. The number of rotatable bonds is 12. The number of nitrogens with zero attached hydrogens (tertiary/aromatic N) is 2. The minimum atomic E-state index is -1.14. The van der Waals surface area contributed by atoms with Crippen LogP contribution in [0.5, 0.6) is 0 Å². The number of amides is 2. The summed E-state index contributed by atoms with van der Waals surface area (Å²) < 4.78 is 5.23. The number of carbonyl (C=O) groups excluding carboxylic acids is 2. The first-order chi connectivity index (χ1) is 16.1. The van der Waals surface area contributed by atoms with Crippen LogP contribution >= 0.6 is 0 Å². The van der Waals surface area contributed by atoms with Gasteiger partial charge >= 0.3 is 6.09 Å². The van der Waals surface area contributed by atoms with Crippen molar-refractivity contribution in [2.75, 3.05) is 44.3 Å². The van der Waals surface area contributed by atoms with Crippen LogP contribution in [0.2, 0.25) is 0 Å². The van der Waals surface area contributed by atoms with Crippen molar-refractivity contribution < 1.29 is 34.8 Å². The predicted molar refractivity (Wildman–Crippen MR) is 124 cm³/mol. The summed E-state index contributed by atoms with van der Waals surface area (Å²) in [7, 11) is 0. The molecule has 188 valence electrons. The molecule has 1 heterocycles. The molecule has 1 aliphatic rings. The SMILES string of the molecule is C=C(NCC(O)CO)c1c(C)c(C(=O)NCC(O)CO)c(C)c(N2CC(CN=O)OC2=O)c1C. The Bertz CT molecular complexity index is 898. The number of aliphatic hydroxyl groups excluding tert-OH is 4. The minimum Gasteiger partial charge on any atom is -0.442 e. The van der Waals surface area contributed by atoms with Gasteiger partial charge in [-0.25, -0.2) is 4.79 Å². The maximum atomic E-state index is 13.1. The number of benzene rings is 1. The topological polar surface area (TPSA) is 181 Å². The molecule has 12 nitrogen and oxygen atoms in total. The highest BCUT2D eigenvalue weighted by atomic mass is 16.6. The fourth-order valence-electron chi connectivity index (χ4n) is 4.04. The summed E-state index contributed by atoms with van der Waals surface area (Å²) in [6.45, 7) is 7.80. The van der Waals surface area contributed by atoms with Gasteiger partial charge in [-0.05, 0) is 37.5 Å². The molecule has 2 rings (SSSR count). The largest absolute Gasteiger partial charge is 0.442 e. The van der Waals surface area contributed by atoms with Gasteiger partial charge in [-0.15, -0.1) is 0 Å². The molecule has 0 bridgehead atoms. The number of ether oxygens (including phenoxy) is 1. The van der Waals surface area contributed by atoms with Gasteiger partial charge in [0.25, 0.3) is 5.91 Å². The molecule has 0 aliphatic carbocycles. The molecule has 1 saturated heterocycles. The third kappa shape index (κ3) is 5.89. The molecule has 6 N–H and O–H groups in total. The molecule has 1 aromatic carbocycles. The summed E-state index contributed by atoms with van der Waals surface area (Å²) in [4.78, 5) is 37.7. The number of hydrogen-bond acceptors (Lipinski definition) is 10. The second-order valence-electron chi connectivity index (χ2n) is 8.14. The van der Waals surface area contributed by atoms with Gasteiger partial charge < -0.3 is 35.8 Å². The van der Waals surface area contributed by atoms with Crippen LogP contribution in [0.25, 0.3) is 5.70 Å². The van der Waals surface area contributed by atoms with Gasteiger partial charge in [0, 0.05) is 29.9 Å². The van der Waals surface area contributed by atoms with E-state index in [2.05, 4.69) is 22.4 Å². The van der Waals surface area contributed by atoms with Crippen LogP contribution in [0.15, 0.2) is 11.8 Å². The summed E-state index contributed by atoms with van der Waals surface area (Å²) in [6.07, 6.45) is -3.59. The number of carbonyl (C=O) groups is 2. The number of hydrogen-bond donors (Lipinski definition) is 6. The van der Waals surface area contributed by atoms with Gasteiger partial charge in [-0.2, -0.15) is 4.91 Å². The van der Waals surface area contributed by atoms with E-state index in [9.17, 15) is 24.7 Å². The zero-order chi connectivity index (χ0) is 25.6. The Hall–Kier alpha value is -3.06. The van der Waals surface area contributed by atoms with E-state index < -0.39 is 43.5 Å². The summed E-state index contributed by atoms with van der Waals surface area (Å²) >= 11 is 0. The molecule has 1 aliphatic heterocycles. The lowest BCUT2D eigenvalue weighted by molar-refractivity contribution is 0.0801. The number of nitroso groups, excluding NO2 is 1. The molecule has 1 fully saturated rings. The molecule has 12 heteroatoms. The molecular weight excluding hydrogens is 448 g/mol. The van der Waals surface area contributed by atoms with Crippen LogP contribution in [0.1, 0.15) is 32.6 Å². The smallest absolute Gasteiger partial charge is 0.414 e. The standard InChI is InChI=1S/C22H32N4O8/c1-11-18(14(4)23-5-15(29)9-27)12(2)20(26-8-17(7-25-33)34-22(26)32)13(3)19(11)21(31)24-6-16(30)10-28/h15-17,23,27-30H,4-10H2,1-3H3,(H,24,31). The van der Waals surface area contributed by atoms with Crippen LogP contribution in [0.3, 0.4) is 0 Å². The molecule has 0 spiro atoms. The maximum Gasteiger partial charge on any atom is 0.414 e. The van der Waals surface area contributed by atoms with E-state index in [1.54, 1.807) is 20.8 Å². The van der Waals surface area contributed by atoms with E-state index in [1.807, 2.05) is 0 Å². The monoisotopic (exact) mass is 480 g/mol. The first kappa shape index (κ1) is 27.2. The summed E-state index contributed by atoms with van der Waals surface area (Å²) in [5.74, 6) is -0.535. The third-order valence-electron chi connectivity index (χ3n) is 5.63. The van der Waals surface area contributed by atoms with Crippen LogP contribution < -0.4 is 15.5 Å². The molecule has 0 saturated carbocycles. The lowest BCUT2D eigenvalue weighted by atomic mass is 9.88. The van der Waals surface area contributed by atoms with E-state index in [-0.39, 0.29) is 31.7 Å². The number of anilines is 1. The maximum absolute atomic E-state index is 13.1. The summed E-state index contributed by atoms with van der Waals surface area (Å²) in [6, 6.07) is 0. The van der Waals surface area contributed by atoms with Gasteiger partial charge in [-0.1, -0.05) is 11.8 Å². The van der Waals surface area contributed by atoms with E-state index in [0.717, 1.165) is 0 Å². The highest BCUT2D eigenvalue weighted by molar-refractivity contribution is 6.03. The van der Waals surface area contributed by atoms with Crippen LogP contribution in [-0.4, -0.2) is 90.1 Å². The zero-order valence-corrected chi connectivity index (χ0v) is 19.5. The average Bonchev–Trinajstić information content (AvgIpc) is 3.15. The van der Waals surface area contributed by atoms with Crippen LogP contribution in [0.4, 0.5) is 10.5 Å². The molecule has 3 unspecified atom stereocenters. The van der Waals surface area contributed by atoms with Gasteiger partial charge in [0.05, 0.1) is 37.7 Å². The van der Waals surface area contributed by atoms with Gasteiger partial charge in [0.15, 0.2) is 0 Å². The van der Waals surface area contributed by atoms with Crippen molar-refractivity contribution in [3.63, 3.8) is 0 Å². The Labute approximate surface area is 197 Å². The van der Waals surface area contributed by atoms with Crippen molar-refractivity contribution in [2.45, 2.75) is 39.1 Å². The average molecular weight is 481 g/mol. The second-order valence-corrected chi connectivity index (χ2v) is 8.14. The predicted octanol–water partition coefficient (Wildman–Crippen LogP) is -0.300. The van der Waals surface area contributed by atoms with Crippen LogP contribution in [0, 0.1) is 25.7 Å². The van der Waals surface area contributed by atoms with E-state index in [4.69, 9.17) is 14.9 Å². The first-order valence-electron chi connectivity index (χ1n) is 10.8. The quantitative estimate of drug-likeness (QED) is 0.219. The van der Waals surface area contributed by atoms with Crippen molar-refractivity contribution in [3.8, 4) is 0 Å². The Balaban J connectivity index is 2.60. The Morgan fingerprint density at radius 2 is 1.65 bits per heavy atom.